The number of hydrogen-bond acceptors (Lipinski definition) is 3. The minimum Gasteiger partial charge on any atom is -0.339 e. The van der Waals surface area contributed by atoms with Gasteiger partial charge in [-0.3, -0.25) is 0 Å². The fourth-order valence-electron chi connectivity index (χ4n) is 1.84. The molecule has 0 aliphatic heterocycles. The van der Waals surface area contributed by atoms with Gasteiger partial charge in [-0.1, -0.05) is 30.3 Å². The third-order valence-corrected chi connectivity index (χ3v) is 2.64. The lowest BCUT2D eigenvalue weighted by Gasteiger charge is -2.03. The van der Waals surface area contributed by atoms with Gasteiger partial charge < -0.3 is 4.52 Å². The number of nitrogens with zero attached hydrogens (tertiary/aromatic N) is 2. The smallest absolute Gasteiger partial charge is 0.226 e. The van der Waals surface area contributed by atoms with E-state index in [4.69, 9.17) is 4.52 Å². The monoisotopic (exact) mass is 216 g/mol. The molecule has 0 aliphatic carbocycles. The summed E-state index contributed by atoms with van der Waals surface area (Å²) in [5.74, 6) is 1.43. The molecule has 0 unspecified atom stereocenters. The quantitative estimate of drug-likeness (QED) is 0.790. The molecule has 0 saturated carbocycles. The summed E-state index contributed by atoms with van der Waals surface area (Å²) in [5, 5.41) is 4.04. The van der Waals surface area contributed by atoms with Crippen LogP contribution in [-0.2, 0) is 6.42 Å². The van der Waals surface area contributed by atoms with Gasteiger partial charge in [0.25, 0.3) is 0 Å². The number of aromatic nitrogens is 2. The highest BCUT2D eigenvalue weighted by Crippen LogP contribution is 2.24. The van der Waals surface area contributed by atoms with E-state index in [1.165, 1.54) is 11.1 Å². The Hall–Kier alpha value is -1.64. The Kier molecular flexibility index (Phi) is 3.04. The summed E-state index contributed by atoms with van der Waals surface area (Å²) in [6.07, 6.45) is 1.87. The molecule has 0 atom stereocenters. The van der Waals surface area contributed by atoms with Crippen molar-refractivity contribution in [1.29, 1.82) is 0 Å². The maximum absolute atomic E-state index is 5.21. The lowest BCUT2D eigenvalue weighted by atomic mass is 10.0. The predicted octanol–water partition coefficient (Wildman–Crippen LogP) is 3.31. The zero-order valence-electron chi connectivity index (χ0n) is 9.95. The normalized spacial score (nSPS) is 10.7. The number of benzene rings is 1. The maximum atomic E-state index is 5.21. The molecule has 1 aromatic heterocycles. The Morgan fingerprint density at radius 1 is 1.19 bits per heavy atom. The van der Waals surface area contributed by atoms with Crippen molar-refractivity contribution >= 4 is 0 Å². The summed E-state index contributed by atoms with van der Waals surface area (Å²) in [6, 6.07) is 6.18. The zero-order valence-corrected chi connectivity index (χ0v) is 9.95. The van der Waals surface area contributed by atoms with Crippen molar-refractivity contribution in [1.82, 2.24) is 10.1 Å². The third kappa shape index (κ3) is 1.98. The van der Waals surface area contributed by atoms with Gasteiger partial charge in [-0.2, -0.15) is 4.98 Å². The molecule has 0 radical (unpaired) electrons. The van der Waals surface area contributed by atoms with Crippen LogP contribution in [0.3, 0.4) is 0 Å². The highest BCUT2D eigenvalue weighted by molar-refractivity contribution is 5.63. The molecule has 2 aromatic rings. The van der Waals surface area contributed by atoms with Crippen molar-refractivity contribution in [2.45, 2.75) is 33.6 Å². The molecule has 84 valence electrons. The first-order valence-corrected chi connectivity index (χ1v) is 5.61. The summed E-state index contributed by atoms with van der Waals surface area (Å²) in [4.78, 5) is 4.41. The van der Waals surface area contributed by atoms with E-state index >= 15 is 0 Å². The van der Waals surface area contributed by atoms with Crippen LogP contribution in [0.4, 0.5) is 0 Å². The van der Waals surface area contributed by atoms with Crippen LogP contribution in [0, 0.1) is 13.8 Å². The molecule has 3 nitrogen and oxygen atoms in total. The van der Waals surface area contributed by atoms with Gasteiger partial charge in [0.15, 0.2) is 0 Å². The van der Waals surface area contributed by atoms with Gasteiger partial charge in [0.2, 0.25) is 11.7 Å². The van der Waals surface area contributed by atoms with E-state index in [1.54, 1.807) is 0 Å². The van der Waals surface area contributed by atoms with E-state index in [2.05, 4.69) is 43.0 Å². The Labute approximate surface area is 95.5 Å². The molecule has 0 aliphatic rings. The van der Waals surface area contributed by atoms with E-state index in [-0.39, 0.29) is 0 Å². The molecule has 0 spiro atoms. The molecule has 0 fully saturated rings. The molecule has 1 aromatic carbocycles. The van der Waals surface area contributed by atoms with Crippen LogP contribution < -0.4 is 0 Å². The first-order valence-electron chi connectivity index (χ1n) is 5.61. The molecular weight excluding hydrogens is 200 g/mol. The van der Waals surface area contributed by atoms with Crippen LogP contribution in [-0.4, -0.2) is 10.1 Å². The van der Waals surface area contributed by atoms with Crippen molar-refractivity contribution in [3.8, 4) is 11.4 Å². The van der Waals surface area contributed by atoms with Gasteiger partial charge in [0, 0.05) is 12.0 Å². The first-order chi connectivity index (χ1) is 7.72. The second kappa shape index (κ2) is 4.47. The molecule has 0 bridgehead atoms. The van der Waals surface area contributed by atoms with E-state index in [0.29, 0.717) is 5.82 Å². The highest BCUT2D eigenvalue weighted by Gasteiger charge is 2.12. The van der Waals surface area contributed by atoms with Crippen molar-refractivity contribution < 1.29 is 4.52 Å². The Morgan fingerprint density at radius 2 is 1.88 bits per heavy atom. The highest BCUT2D eigenvalue weighted by atomic mass is 16.5. The van der Waals surface area contributed by atoms with Crippen molar-refractivity contribution in [3.05, 3.63) is 35.2 Å². The van der Waals surface area contributed by atoms with Gasteiger partial charge in [0.05, 0.1) is 0 Å². The van der Waals surface area contributed by atoms with Crippen molar-refractivity contribution in [2.75, 3.05) is 0 Å². The lowest BCUT2D eigenvalue weighted by molar-refractivity contribution is 0.378. The third-order valence-electron chi connectivity index (χ3n) is 2.64. The molecule has 1 heterocycles. The van der Waals surface area contributed by atoms with Crippen molar-refractivity contribution in [3.63, 3.8) is 0 Å². The Bertz CT molecular complexity index is 468. The number of hydrogen-bond donors (Lipinski definition) is 0. The molecule has 0 N–H and O–H groups in total. The van der Waals surface area contributed by atoms with Crippen LogP contribution in [0.25, 0.3) is 11.4 Å². The van der Waals surface area contributed by atoms with Crippen LogP contribution in [0.15, 0.2) is 22.7 Å². The summed E-state index contributed by atoms with van der Waals surface area (Å²) >= 11 is 0. The number of aryl methyl sites for hydroxylation is 3. The summed E-state index contributed by atoms with van der Waals surface area (Å²) in [5.41, 5.74) is 3.46. The Morgan fingerprint density at radius 3 is 2.50 bits per heavy atom. The molecular formula is C13H16N2O. The second-order valence-corrected chi connectivity index (χ2v) is 4.03. The minimum atomic E-state index is 0.707. The van der Waals surface area contributed by atoms with E-state index in [1.807, 2.05) is 6.07 Å². The summed E-state index contributed by atoms with van der Waals surface area (Å²) < 4.78 is 5.21. The molecule has 16 heavy (non-hydrogen) atoms. The van der Waals surface area contributed by atoms with E-state index in [9.17, 15) is 0 Å². The number of rotatable bonds is 3. The fraction of sp³-hybridized carbons (Fsp3) is 0.385. The molecule has 0 saturated heterocycles. The predicted molar refractivity (Wildman–Crippen MR) is 63.2 cm³/mol. The minimum absolute atomic E-state index is 0.707. The average molecular weight is 216 g/mol. The zero-order chi connectivity index (χ0) is 11.5. The van der Waals surface area contributed by atoms with Gasteiger partial charge in [0.1, 0.15) is 0 Å². The van der Waals surface area contributed by atoms with Crippen LogP contribution in [0.1, 0.15) is 30.4 Å². The molecule has 0 amide bonds. The van der Waals surface area contributed by atoms with Gasteiger partial charge in [-0.05, 0) is 31.4 Å². The Balaban J connectivity index is 2.42. The summed E-state index contributed by atoms with van der Waals surface area (Å²) in [7, 11) is 0. The SMILES string of the molecule is CCCc1nc(-c2c(C)cccc2C)no1. The fourth-order valence-corrected chi connectivity index (χ4v) is 1.84. The van der Waals surface area contributed by atoms with E-state index in [0.717, 1.165) is 24.3 Å². The van der Waals surface area contributed by atoms with Crippen molar-refractivity contribution in [2.24, 2.45) is 0 Å². The second-order valence-electron chi connectivity index (χ2n) is 4.03. The standard InChI is InChI=1S/C13H16N2O/c1-4-6-11-14-13(15-16-11)12-9(2)7-5-8-10(12)3/h5,7-8H,4,6H2,1-3H3. The molecule has 2 rings (SSSR count). The lowest BCUT2D eigenvalue weighted by Crippen LogP contribution is -1.90. The largest absolute Gasteiger partial charge is 0.339 e. The van der Waals surface area contributed by atoms with Crippen LogP contribution >= 0.6 is 0 Å². The summed E-state index contributed by atoms with van der Waals surface area (Å²) in [6.45, 7) is 6.24. The first kappa shape index (κ1) is 10.9. The topological polar surface area (TPSA) is 38.9 Å². The maximum Gasteiger partial charge on any atom is 0.226 e. The molecule has 3 heteroatoms. The van der Waals surface area contributed by atoms with Gasteiger partial charge in [-0.25, -0.2) is 0 Å². The average Bonchev–Trinajstić information content (AvgIpc) is 2.67. The van der Waals surface area contributed by atoms with Gasteiger partial charge in [-0.15, -0.1) is 0 Å². The van der Waals surface area contributed by atoms with Crippen LogP contribution in [0.2, 0.25) is 0 Å². The van der Waals surface area contributed by atoms with Crippen LogP contribution in [0.5, 0.6) is 0 Å². The van der Waals surface area contributed by atoms with E-state index < -0.39 is 0 Å². The van der Waals surface area contributed by atoms with Gasteiger partial charge >= 0.3 is 0 Å².